The van der Waals surface area contributed by atoms with E-state index in [0.717, 1.165) is 44.9 Å². The Morgan fingerprint density at radius 1 is 0.722 bits per heavy atom. The van der Waals surface area contributed by atoms with Crippen molar-refractivity contribution in [2.24, 2.45) is 0 Å². The topological polar surface area (TPSA) is 56.5 Å². The van der Waals surface area contributed by atoms with Crippen molar-refractivity contribution >= 4 is 11.0 Å². The van der Waals surface area contributed by atoms with Gasteiger partial charge in [-0.2, -0.15) is 0 Å². The highest BCUT2D eigenvalue weighted by molar-refractivity contribution is 5.83. The van der Waals surface area contributed by atoms with Crippen LogP contribution < -0.4 is 0 Å². The molecule has 0 saturated carbocycles. The number of rotatable bonds is 6. The van der Waals surface area contributed by atoms with Gasteiger partial charge in [-0.25, -0.2) is 14.4 Å². The van der Waals surface area contributed by atoms with E-state index in [1.165, 1.54) is 12.1 Å². The monoisotopic (exact) mass is 471 g/mol. The number of fused-ring (bicyclic) bond motifs is 1. The Bertz CT molecular complexity index is 1570. The Kier molecular flexibility index (Phi) is 5.75. The minimum absolute atomic E-state index is 0.0411. The molecule has 4 aromatic heterocycles. The van der Waals surface area contributed by atoms with Crippen molar-refractivity contribution in [3.63, 3.8) is 0 Å². The molecule has 6 aromatic rings. The van der Waals surface area contributed by atoms with Crippen LogP contribution in [0.25, 0.3) is 28.2 Å². The van der Waals surface area contributed by atoms with Gasteiger partial charge in [-0.3, -0.25) is 14.5 Å². The average Bonchev–Trinajstić information content (AvgIpc) is 3.33. The number of hydrogen-bond donors (Lipinski definition) is 0. The second-order valence-electron chi connectivity index (χ2n) is 8.58. The summed E-state index contributed by atoms with van der Waals surface area (Å²) in [6, 6.07) is 26.6. The van der Waals surface area contributed by atoms with E-state index in [9.17, 15) is 4.39 Å². The first-order chi connectivity index (χ1) is 17.8. The smallest absolute Gasteiger partial charge is 0.146 e. The summed E-state index contributed by atoms with van der Waals surface area (Å²) in [7, 11) is 0. The number of benzene rings is 2. The van der Waals surface area contributed by atoms with E-state index in [-0.39, 0.29) is 11.7 Å². The minimum atomic E-state index is -0.282. The number of para-hydroxylation sites is 2. The van der Waals surface area contributed by atoms with Crippen LogP contribution in [0.5, 0.6) is 0 Å². The number of nitrogens with zero attached hydrogens (tertiary/aromatic N) is 5. The molecule has 0 aliphatic carbocycles. The average molecular weight is 472 g/mol. The predicted molar refractivity (Wildman–Crippen MR) is 138 cm³/mol. The molecule has 0 fully saturated rings. The lowest BCUT2D eigenvalue weighted by Gasteiger charge is -2.20. The van der Waals surface area contributed by atoms with Crippen molar-refractivity contribution in [3.8, 4) is 17.2 Å². The maximum atomic E-state index is 13.7. The quantitative estimate of drug-likeness (QED) is 0.282. The van der Waals surface area contributed by atoms with E-state index in [4.69, 9.17) is 9.97 Å². The molecule has 2 aromatic carbocycles. The van der Waals surface area contributed by atoms with Crippen molar-refractivity contribution < 1.29 is 4.39 Å². The zero-order valence-electron chi connectivity index (χ0n) is 19.4. The number of hydrogen-bond acceptors (Lipinski definition) is 4. The molecule has 36 heavy (non-hydrogen) atoms. The lowest BCUT2D eigenvalue weighted by atomic mass is 9.87. The van der Waals surface area contributed by atoms with Crippen molar-refractivity contribution in [2.75, 3.05) is 0 Å². The molecule has 0 atom stereocenters. The molecule has 5 nitrogen and oxygen atoms in total. The standard InChI is InChI=1S/C30H22FN5/c31-25-13-11-21(12-14-25)30-35-27-9-1-2-10-28(27)36(30)29-22(6-5-17-34-29)18-26(23-7-3-15-32-19-23)24-8-4-16-33-20-24/h1-17,19-20,26H,18H2. The van der Waals surface area contributed by atoms with Crippen LogP contribution in [-0.2, 0) is 6.42 Å². The number of aromatic nitrogens is 5. The second-order valence-corrected chi connectivity index (χ2v) is 8.58. The first-order valence-electron chi connectivity index (χ1n) is 11.8. The molecule has 0 aliphatic heterocycles. The van der Waals surface area contributed by atoms with Crippen molar-refractivity contribution in [1.29, 1.82) is 0 Å². The summed E-state index contributed by atoms with van der Waals surface area (Å²) >= 11 is 0. The zero-order valence-corrected chi connectivity index (χ0v) is 19.4. The van der Waals surface area contributed by atoms with Crippen LogP contribution in [0.3, 0.4) is 0 Å². The Labute approximate surface area is 208 Å². The highest BCUT2D eigenvalue weighted by Gasteiger charge is 2.21. The summed E-state index contributed by atoms with van der Waals surface area (Å²) in [6.45, 7) is 0. The lowest BCUT2D eigenvalue weighted by molar-refractivity contribution is 0.628. The molecule has 0 saturated heterocycles. The van der Waals surface area contributed by atoms with Crippen LogP contribution in [0.2, 0.25) is 0 Å². The van der Waals surface area contributed by atoms with Crippen molar-refractivity contribution in [1.82, 2.24) is 24.5 Å². The van der Waals surface area contributed by atoms with Gasteiger partial charge in [-0.15, -0.1) is 0 Å². The van der Waals surface area contributed by atoms with Crippen LogP contribution in [-0.4, -0.2) is 24.5 Å². The van der Waals surface area contributed by atoms with Gasteiger partial charge in [-0.1, -0.05) is 30.3 Å². The van der Waals surface area contributed by atoms with E-state index >= 15 is 0 Å². The highest BCUT2D eigenvalue weighted by Crippen LogP contribution is 2.33. The predicted octanol–water partition coefficient (Wildman–Crippen LogP) is 6.39. The van der Waals surface area contributed by atoms with Crippen LogP contribution in [0.4, 0.5) is 4.39 Å². The maximum absolute atomic E-state index is 13.7. The summed E-state index contributed by atoms with van der Waals surface area (Å²) in [6.07, 6.45) is 9.87. The van der Waals surface area contributed by atoms with E-state index in [1.807, 2.05) is 54.9 Å². The van der Waals surface area contributed by atoms with Gasteiger partial charge >= 0.3 is 0 Å². The minimum Gasteiger partial charge on any atom is -0.276 e. The van der Waals surface area contributed by atoms with E-state index in [2.05, 4.69) is 32.7 Å². The first kappa shape index (κ1) is 21.8. The lowest BCUT2D eigenvalue weighted by Crippen LogP contribution is -2.10. The van der Waals surface area contributed by atoms with Gasteiger partial charge in [0.15, 0.2) is 0 Å². The van der Waals surface area contributed by atoms with E-state index in [0.29, 0.717) is 6.42 Å². The summed E-state index contributed by atoms with van der Waals surface area (Å²) in [4.78, 5) is 18.5. The molecule has 4 heterocycles. The molecule has 0 aliphatic rings. The third kappa shape index (κ3) is 4.14. The van der Waals surface area contributed by atoms with Gasteiger partial charge in [0.25, 0.3) is 0 Å². The largest absolute Gasteiger partial charge is 0.276 e. The molecule has 0 unspecified atom stereocenters. The Balaban J connectivity index is 1.53. The number of imidazole rings is 1. The van der Waals surface area contributed by atoms with Crippen molar-refractivity contribution in [3.05, 3.63) is 138 Å². The van der Waals surface area contributed by atoms with Gasteiger partial charge in [0.05, 0.1) is 11.0 Å². The molecular formula is C30H22FN5. The zero-order chi connectivity index (χ0) is 24.3. The normalized spacial score (nSPS) is 11.3. The molecule has 0 radical (unpaired) electrons. The van der Waals surface area contributed by atoms with Crippen LogP contribution >= 0.6 is 0 Å². The Morgan fingerprint density at radius 3 is 2.11 bits per heavy atom. The molecule has 6 heteroatoms. The number of halogens is 1. The van der Waals surface area contributed by atoms with E-state index < -0.39 is 0 Å². The fourth-order valence-corrected chi connectivity index (χ4v) is 4.64. The van der Waals surface area contributed by atoms with E-state index in [1.54, 1.807) is 30.7 Å². The summed E-state index contributed by atoms with van der Waals surface area (Å²) in [5, 5.41) is 0. The second kappa shape index (κ2) is 9.50. The van der Waals surface area contributed by atoms with Crippen molar-refractivity contribution in [2.45, 2.75) is 12.3 Å². The Morgan fingerprint density at radius 2 is 1.42 bits per heavy atom. The summed E-state index contributed by atoms with van der Waals surface area (Å²) in [5.74, 6) is 1.27. The van der Waals surface area contributed by atoms with Crippen LogP contribution in [0.15, 0.2) is 116 Å². The first-order valence-corrected chi connectivity index (χ1v) is 11.8. The van der Waals surface area contributed by atoms with Crippen LogP contribution in [0, 0.1) is 5.82 Å². The van der Waals surface area contributed by atoms with Crippen LogP contribution in [0.1, 0.15) is 22.6 Å². The molecule has 6 rings (SSSR count). The number of pyridine rings is 3. The fraction of sp³-hybridized carbons (Fsp3) is 0.0667. The van der Waals surface area contributed by atoms with Gasteiger partial charge in [0.2, 0.25) is 0 Å². The van der Waals surface area contributed by atoms with Gasteiger partial charge < -0.3 is 0 Å². The van der Waals surface area contributed by atoms with Gasteiger partial charge in [0, 0.05) is 42.5 Å². The molecule has 174 valence electrons. The molecule has 0 N–H and O–H groups in total. The summed E-state index contributed by atoms with van der Waals surface area (Å²) < 4.78 is 15.8. The molecular weight excluding hydrogens is 449 g/mol. The maximum Gasteiger partial charge on any atom is 0.146 e. The van der Waals surface area contributed by atoms with Gasteiger partial charge in [-0.05, 0) is 77.7 Å². The summed E-state index contributed by atoms with van der Waals surface area (Å²) in [5.41, 5.74) is 5.88. The molecule has 0 bridgehead atoms. The van der Waals surface area contributed by atoms with Gasteiger partial charge in [0.1, 0.15) is 17.5 Å². The Hall–Kier alpha value is -4.71. The molecule has 0 amide bonds. The third-order valence-corrected chi connectivity index (χ3v) is 6.34. The highest BCUT2D eigenvalue weighted by atomic mass is 19.1. The SMILES string of the molecule is Fc1ccc(-c2nc3ccccc3n2-c2ncccc2CC(c2cccnc2)c2cccnc2)cc1. The third-order valence-electron chi connectivity index (χ3n) is 6.34. The fourth-order valence-electron chi connectivity index (χ4n) is 4.64. The molecule has 0 spiro atoms.